The summed E-state index contributed by atoms with van der Waals surface area (Å²) in [4.78, 5) is 16.9. The van der Waals surface area contributed by atoms with Crippen LogP contribution in [0.4, 0.5) is 5.69 Å². The first-order valence-electron chi connectivity index (χ1n) is 11.8. The van der Waals surface area contributed by atoms with Crippen molar-refractivity contribution in [2.24, 2.45) is 5.92 Å². The van der Waals surface area contributed by atoms with Crippen LogP contribution in [0, 0.1) is 5.92 Å². The second-order valence-electron chi connectivity index (χ2n) is 8.56. The summed E-state index contributed by atoms with van der Waals surface area (Å²) in [5.41, 5.74) is 1.50. The van der Waals surface area contributed by atoms with Gasteiger partial charge in [0.15, 0.2) is 0 Å². The van der Waals surface area contributed by atoms with Crippen LogP contribution in [0.5, 0.6) is 11.5 Å². The Labute approximate surface area is 204 Å². The summed E-state index contributed by atoms with van der Waals surface area (Å²) in [6.07, 6.45) is 0.788. The number of hydrogen-bond donors (Lipinski definition) is 0. The van der Waals surface area contributed by atoms with E-state index in [4.69, 9.17) is 8.92 Å². The number of benzene rings is 2. The predicted molar refractivity (Wildman–Crippen MR) is 136 cm³/mol. The van der Waals surface area contributed by atoms with Crippen LogP contribution in [-0.4, -0.2) is 45.5 Å². The van der Waals surface area contributed by atoms with Gasteiger partial charge in [-0.1, -0.05) is 26.8 Å². The van der Waals surface area contributed by atoms with Crippen LogP contribution in [0.3, 0.4) is 0 Å². The minimum absolute atomic E-state index is 0.00315. The largest absolute Gasteiger partial charge is 0.497 e. The van der Waals surface area contributed by atoms with E-state index < -0.39 is 10.1 Å². The zero-order valence-electron chi connectivity index (χ0n) is 21.4. The van der Waals surface area contributed by atoms with E-state index in [0.29, 0.717) is 11.3 Å². The fourth-order valence-electron chi connectivity index (χ4n) is 3.63. The van der Waals surface area contributed by atoms with Crippen LogP contribution >= 0.6 is 0 Å². The van der Waals surface area contributed by atoms with Gasteiger partial charge in [0.25, 0.3) is 0 Å². The summed E-state index contributed by atoms with van der Waals surface area (Å²) < 4.78 is 37.1. The van der Waals surface area contributed by atoms with E-state index in [0.717, 1.165) is 25.2 Å². The molecular formula is C26H38N2O5S. The van der Waals surface area contributed by atoms with Gasteiger partial charge in [-0.05, 0) is 57.5 Å². The highest BCUT2D eigenvalue weighted by atomic mass is 32.2. The zero-order valence-corrected chi connectivity index (χ0v) is 22.2. The summed E-state index contributed by atoms with van der Waals surface area (Å²) in [6, 6.07) is 11.6. The number of carbonyl (C=O) groups excluding carboxylic acids is 1. The number of carbonyl (C=O) groups is 1. The van der Waals surface area contributed by atoms with Gasteiger partial charge in [-0.15, -0.1) is 0 Å². The third-order valence-electron chi connectivity index (χ3n) is 5.97. The normalized spacial score (nSPS) is 12.4. The Kier molecular flexibility index (Phi) is 9.79. The maximum atomic E-state index is 13.1. The number of ether oxygens (including phenoxy) is 1. The van der Waals surface area contributed by atoms with Gasteiger partial charge in [-0.25, -0.2) is 0 Å². The Bertz CT molecular complexity index is 1050. The lowest BCUT2D eigenvalue weighted by molar-refractivity contribution is -0.137. The van der Waals surface area contributed by atoms with Crippen molar-refractivity contribution < 1.29 is 22.1 Å². The Morgan fingerprint density at radius 1 is 0.971 bits per heavy atom. The molecule has 0 N–H and O–H groups in total. The predicted octanol–water partition coefficient (Wildman–Crippen LogP) is 5.09. The van der Waals surface area contributed by atoms with Crippen LogP contribution in [-0.2, 0) is 21.5 Å². The van der Waals surface area contributed by atoms with Crippen molar-refractivity contribution in [3.63, 3.8) is 0 Å². The van der Waals surface area contributed by atoms with Crippen molar-refractivity contribution >= 4 is 21.7 Å². The molecule has 0 radical (unpaired) electrons. The molecule has 0 aliphatic heterocycles. The smallest absolute Gasteiger partial charge is 0.339 e. The molecule has 0 unspecified atom stereocenters. The van der Waals surface area contributed by atoms with Gasteiger partial charge in [0, 0.05) is 48.9 Å². The Balaban J connectivity index is 2.53. The number of amides is 1. The first-order valence-corrected chi connectivity index (χ1v) is 13.3. The monoisotopic (exact) mass is 490 g/mol. The first kappa shape index (κ1) is 27.5. The zero-order chi connectivity index (χ0) is 25.5. The summed E-state index contributed by atoms with van der Waals surface area (Å²) in [5.74, 6) is 0.632. The van der Waals surface area contributed by atoms with Gasteiger partial charge in [0.1, 0.15) is 16.4 Å². The van der Waals surface area contributed by atoms with Gasteiger partial charge >= 0.3 is 10.1 Å². The second-order valence-corrected chi connectivity index (χ2v) is 10.1. The van der Waals surface area contributed by atoms with Crippen molar-refractivity contribution in [2.75, 3.05) is 25.1 Å². The minimum Gasteiger partial charge on any atom is -0.497 e. The van der Waals surface area contributed by atoms with Gasteiger partial charge in [-0.3, -0.25) is 4.79 Å². The number of nitrogens with zero attached hydrogens (tertiary/aromatic N) is 2. The van der Waals surface area contributed by atoms with E-state index in [1.54, 1.807) is 23.1 Å². The maximum Gasteiger partial charge on any atom is 0.339 e. The lowest BCUT2D eigenvalue weighted by atomic mass is 10.1. The highest BCUT2D eigenvalue weighted by Crippen LogP contribution is 2.31. The Morgan fingerprint density at radius 3 is 2.09 bits per heavy atom. The van der Waals surface area contributed by atoms with E-state index in [-0.39, 0.29) is 35.1 Å². The summed E-state index contributed by atoms with van der Waals surface area (Å²) >= 11 is 0. The Morgan fingerprint density at radius 2 is 1.59 bits per heavy atom. The topological polar surface area (TPSA) is 76.2 Å². The van der Waals surface area contributed by atoms with Crippen LogP contribution in [0.15, 0.2) is 47.4 Å². The molecule has 2 aromatic carbocycles. The first-order chi connectivity index (χ1) is 16.1. The molecule has 0 aromatic heterocycles. The number of rotatable bonds is 12. The lowest BCUT2D eigenvalue weighted by Crippen LogP contribution is -2.40. The quantitative estimate of drug-likeness (QED) is 0.386. The molecule has 1 amide bonds. The average molecular weight is 491 g/mol. The van der Waals surface area contributed by atoms with Crippen molar-refractivity contribution in [2.45, 2.75) is 65.4 Å². The summed E-state index contributed by atoms with van der Waals surface area (Å²) in [5, 5.41) is 0. The van der Waals surface area contributed by atoms with Gasteiger partial charge < -0.3 is 18.7 Å². The number of methoxy groups -OCH3 is 1. The van der Waals surface area contributed by atoms with E-state index in [2.05, 4.69) is 4.90 Å². The Hall–Kier alpha value is -2.74. The molecule has 8 heteroatoms. The van der Waals surface area contributed by atoms with Crippen molar-refractivity contribution in [3.05, 3.63) is 48.0 Å². The lowest BCUT2D eigenvalue weighted by Gasteiger charge is -2.31. The fraction of sp³-hybridized carbons (Fsp3) is 0.500. The van der Waals surface area contributed by atoms with E-state index >= 15 is 0 Å². The van der Waals surface area contributed by atoms with Gasteiger partial charge in [0.2, 0.25) is 5.91 Å². The molecule has 34 heavy (non-hydrogen) atoms. The standard InChI is InChI=1S/C26H38N2O5S/c1-8-20(6)28(26(29)19(4)5)18-21-11-12-22(27(9-2)10-3)17-25(21)33-34(30,31)24-15-13-23(32-7)14-16-24/h11-17,19-20H,8-10,18H2,1-7H3/t20-/m1/s1. The molecule has 7 nitrogen and oxygen atoms in total. The molecular weight excluding hydrogens is 452 g/mol. The molecule has 188 valence electrons. The summed E-state index contributed by atoms with van der Waals surface area (Å²) in [6.45, 7) is 13.6. The molecule has 2 aromatic rings. The minimum atomic E-state index is -4.09. The van der Waals surface area contributed by atoms with Crippen LogP contribution in [0.25, 0.3) is 0 Å². The van der Waals surface area contributed by atoms with Crippen LogP contribution in [0.2, 0.25) is 0 Å². The van der Waals surface area contributed by atoms with Crippen molar-refractivity contribution in [1.82, 2.24) is 4.90 Å². The molecule has 2 rings (SSSR count). The van der Waals surface area contributed by atoms with E-state index in [1.807, 2.05) is 53.7 Å². The molecule has 0 aliphatic carbocycles. The SMILES string of the molecule is CC[C@@H](C)N(Cc1ccc(N(CC)CC)cc1OS(=O)(=O)c1ccc(OC)cc1)C(=O)C(C)C. The molecule has 1 atom stereocenters. The molecule has 0 aliphatic rings. The summed E-state index contributed by atoms with van der Waals surface area (Å²) in [7, 11) is -2.57. The molecule has 0 fully saturated rings. The highest BCUT2D eigenvalue weighted by molar-refractivity contribution is 7.87. The molecule has 0 spiro atoms. The van der Waals surface area contributed by atoms with Gasteiger partial charge in [0.05, 0.1) is 7.11 Å². The molecule has 0 saturated carbocycles. The maximum absolute atomic E-state index is 13.1. The molecule has 0 bridgehead atoms. The average Bonchev–Trinajstić information content (AvgIpc) is 2.83. The van der Waals surface area contributed by atoms with Crippen LogP contribution in [0.1, 0.15) is 53.5 Å². The van der Waals surface area contributed by atoms with E-state index in [1.165, 1.54) is 19.2 Å². The van der Waals surface area contributed by atoms with Crippen molar-refractivity contribution in [3.8, 4) is 11.5 Å². The van der Waals surface area contributed by atoms with Gasteiger partial charge in [-0.2, -0.15) is 8.42 Å². The fourth-order valence-corrected chi connectivity index (χ4v) is 4.59. The second kappa shape index (κ2) is 12.1. The number of hydrogen-bond acceptors (Lipinski definition) is 6. The highest BCUT2D eigenvalue weighted by Gasteiger charge is 2.25. The molecule has 0 heterocycles. The van der Waals surface area contributed by atoms with Crippen LogP contribution < -0.4 is 13.8 Å². The third kappa shape index (κ3) is 6.65. The van der Waals surface area contributed by atoms with E-state index in [9.17, 15) is 13.2 Å². The molecule has 0 saturated heterocycles. The third-order valence-corrected chi connectivity index (χ3v) is 7.22. The van der Waals surface area contributed by atoms with Crippen molar-refractivity contribution in [1.29, 1.82) is 0 Å². The number of anilines is 1.